The second kappa shape index (κ2) is 8.85. The molecule has 1 fully saturated rings. The van der Waals surface area contributed by atoms with Gasteiger partial charge >= 0.3 is 6.18 Å². The van der Waals surface area contributed by atoms with Crippen LogP contribution in [0.2, 0.25) is 0 Å². The quantitative estimate of drug-likeness (QED) is 0.662. The van der Waals surface area contributed by atoms with Crippen molar-refractivity contribution in [3.05, 3.63) is 0 Å². The van der Waals surface area contributed by atoms with Crippen LogP contribution in [0.25, 0.3) is 0 Å². The number of nitrogens with one attached hydrogen (secondary N) is 1. The van der Waals surface area contributed by atoms with Gasteiger partial charge in [-0.3, -0.25) is 4.90 Å². The van der Waals surface area contributed by atoms with E-state index in [9.17, 15) is 13.2 Å². The van der Waals surface area contributed by atoms with Crippen LogP contribution < -0.4 is 5.32 Å². The summed E-state index contributed by atoms with van der Waals surface area (Å²) in [6, 6.07) is 0. The first kappa shape index (κ1) is 17.7. The number of alkyl halides is 3. The van der Waals surface area contributed by atoms with Crippen LogP contribution in [-0.4, -0.2) is 56.0 Å². The van der Waals surface area contributed by atoms with Crippen molar-refractivity contribution >= 4 is 0 Å². The maximum atomic E-state index is 12.5. The number of nitrogens with zero attached hydrogens (tertiary/aromatic N) is 1. The molecule has 1 rings (SSSR count). The molecule has 2 unspecified atom stereocenters. The van der Waals surface area contributed by atoms with Crippen LogP contribution in [0.3, 0.4) is 0 Å². The standard InChI is InChI=1S/C14H27F3N2O/c1-3-7-18-9-12-5-6-13(20-12)10-19(8-4-2)11-14(15,16)17/h12-13,18H,3-11H2,1-2H3. The van der Waals surface area contributed by atoms with Crippen LogP contribution in [0.5, 0.6) is 0 Å². The molecule has 0 bridgehead atoms. The van der Waals surface area contributed by atoms with Gasteiger partial charge in [-0.05, 0) is 38.8 Å². The summed E-state index contributed by atoms with van der Waals surface area (Å²) in [7, 11) is 0. The van der Waals surface area contributed by atoms with Crippen LogP contribution in [0, 0.1) is 0 Å². The summed E-state index contributed by atoms with van der Waals surface area (Å²) in [4.78, 5) is 1.46. The highest BCUT2D eigenvalue weighted by atomic mass is 19.4. The fraction of sp³-hybridized carbons (Fsp3) is 1.00. The monoisotopic (exact) mass is 296 g/mol. The van der Waals surface area contributed by atoms with Crippen molar-refractivity contribution in [2.24, 2.45) is 0 Å². The predicted octanol–water partition coefficient (Wildman–Crippen LogP) is 2.81. The van der Waals surface area contributed by atoms with Gasteiger partial charge in [0.1, 0.15) is 0 Å². The second-order valence-electron chi connectivity index (χ2n) is 5.51. The van der Waals surface area contributed by atoms with Crippen LogP contribution in [0.15, 0.2) is 0 Å². The van der Waals surface area contributed by atoms with E-state index in [4.69, 9.17) is 4.74 Å². The van der Waals surface area contributed by atoms with E-state index >= 15 is 0 Å². The van der Waals surface area contributed by atoms with E-state index in [1.165, 1.54) is 4.90 Å². The SMILES string of the molecule is CCCNCC1CCC(CN(CCC)CC(F)(F)F)O1. The Bertz CT molecular complexity index is 261. The Morgan fingerprint density at radius 3 is 2.45 bits per heavy atom. The molecule has 1 heterocycles. The van der Waals surface area contributed by atoms with Gasteiger partial charge in [0.05, 0.1) is 18.8 Å². The maximum Gasteiger partial charge on any atom is 0.401 e. The molecule has 0 saturated carbocycles. The first-order valence-corrected chi connectivity index (χ1v) is 7.59. The number of ether oxygens (including phenoxy) is 1. The Hall–Kier alpha value is -0.330. The molecule has 2 atom stereocenters. The fourth-order valence-corrected chi connectivity index (χ4v) is 2.60. The van der Waals surface area contributed by atoms with Crippen LogP contribution in [0.4, 0.5) is 13.2 Å². The molecule has 20 heavy (non-hydrogen) atoms. The van der Waals surface area contributed by atoms with Gasteiger partial charge in [0.2, 0.25) is 0 Å². The molecule has 0 spiro atoms. The Morgan fingerprint density at radius 2 is 1.85 bits per heavy atom. The van der Waals surface area contributed by atoms with Gasteiger partial charge in [-0.1, -0.05) is 13.8 Å². The maximum absolute atomic E-state index is 12.5. The second-order valence-corrected chi connectivity index (χ2v) is 5.51. The van der Waals surface area contributed by atoms with E-state index in [1.54, 1.807) is 0 Å². The average Bonchev–Trinajstić information content (AvgIpc) is 2.75. The lowest BCUT2D eigenvalue weighted by Gasteiger charge is -2.26. The topological polar surface area (TPSA) is 24.5 Å². The molecule has 0 radical (unpaired) electrons. The third kappa shape index (κ3) is 7.45. The molecule has 1 aliphatic heterocycles. The van der Waals surface area contributed by atoms with Crippen LogP contribution in [0.1, 0.15) is 39.5 Å². The van der Waals surface area contributed by atoms with Gasteiger partial charge in [0.15, 0.2) is 0 Å². The van der Waals surface area contributed by atoms with Crippen molar-refractivity contribution in [2.45, 2.75) is 57.9 Å². The zero-order valence-corrected chi connectivity index (χ0v) is 12.5. The number of hydrogen-bond acceptors (Lipinski definition) is 3. The summed E-state index contributed by atoms with van der Waals surface area (Å²) in [5.41, 5.74) is 0. The molecule has 0 aliphatic carbocycles. The predicted molar refractivity (Wildman–Crippen MR) is 73.8 cm³/mol. The van der Waals surface area contributed by atoms with Crippen molar-refractivity contribution in [3.63, 3.8) is 0 Å². The molecule has 3 nitrogen and oxygen atoms in total. The Morgan fingerprint density at radius 1 is 1.15 bits per heavy atom. The van der Waals surface area contributed by atoms with Crippen molar-refractivity contribution in [3.8, 4) is 0 Å². The molecule has 6 heteroatoms. The summed E-state index contributed by atoms with van der Waals surface area (Å²) < 4.78 is 43.3. The summed E-state index contributed by atoms with van der Waals surface area (Å²) in [5, 5.41) is 3.30. The van der Waals surface area contributed by atoms with Gasteiger partial charge in [-0.25, -0.2) is 0 Å². The molecule has 1 aliphatic rings. The molecule has 0 amide bonds. The molecule has 120 valence electrons. The Labute approximate surface area is 119 Å². The number of rotatable bonds is 9. The summed E-state index contributed by atoms with van der Waals surface area (Å²) >= 11 is 0. The van der Waals surface area contributed by atoms with E-state index in [1.807, 2.05) is 6.92 Å². The first-order valence-electron chi connectivity index (χ1n) is 7.59. The number of halogens is 3. The van der Waals surface area contributed by atoms with Crippen LogP contribution in [-0.2, 0) is 4.74 Å². The smallest absolute Gasteiger partial charge is 0.372 e. The third-order valence-electron chi connectivity index (χ3n) is 3.40. The molecular weight excluding hydrogens is 269 g/mol. The average molecular weight is 296 g/mol. The highest BCUT2D eigenvalue weighted by molar-refractivity contribution is 4.78. The minimum Gasteiger partial charge on any atom is -0.372 e. The minimum atomic E-state index is -4.13. The molecule has 0 aromatic rings. The normalized spacial score (nSPS) is 23.7. The van der Waals surface area contributed by atoms with Crippen molar-refractivity contribution in [2.75, 3.05) is 32.7 Å². The highest BCUT2D eigenvalue weighted by Gasteiger charge is 2.33. The van der Waals surface area contributed by atoms with E-state index in [0.29, 0.717) is 13.1 Å². The van der Waals surface area contributed by atoms with E-state index in [2.05, 4.69) is 12.2 Å². The molecule has 0 aromatic carbocycles. The Balaban J connectivity index is 2.31. The lowest BCUT2D eigenvalue weighted by atomic mass is 10.2. The van der Waals surface area contributed by atoms with Gasteiger partial charge < -0.3 is 10.1 Å². The first-order chi connectivity index (χ1) is 9.44. The summed E-state index contributed by atoms with van der Waals surface area (Å²) in [6.07, 6.45) is -0.436. The van der Waals surface area contributed by atoms with Gasteiger partial charge in [0.25, 0.3) is 0 Å². The van der Waals surface area contributed by atoms with Gasteiger partial charge in [-0.2, -0.15) is 13.2 Å². The van der Waals surface area contributed by atoms with E-state index < -0.39 is 12.7 Å². The third-order valence-corrected chi connectivity index (χ3v) is 3.40. The molecule has 1 saturated heterocycles. The zero-order chi connectivity index (χ0) is 15.0. The van der Waals surface area contributed by atoms with E-state index in [0.717, 1.165) is 38.8 Å². The lowest BCUT2D eigenvalue weighted by Crippen LogP contribution is -2.40. The minimum absolute atomic E-state index is 0.0580. The summed E-state index contributed by atoms with van der Waals surface area (Å²) in [5.74, 6) is 0. The van der Waals surface area contributed by atoms with Gasteiger partial charge in [0, 0.05) is 13.1 Å². The fourth-order valence-electron chi connectivity index (χ4n) is 2.60. The van der Waals surface area contributed by atoms with E-state index in [-0.39, 0.29) is 12.2 Å². The highest BCUT2D eigenvalue weighted by Crippen LogP contribution is 2.22. The van der Waals surface area contributed by atoms with Crippen LogP contribution >= 0.6 is 0 Å². The molecule has 1 N–H and O–H groups in total. The molecular formula is C14H27F3N2O. The summed E-state index contributed by atoms with van der Waals surface area (Å²) in [6.45, 7) is 5.79. The zero-order valence-electron chi connectivity index (χ0n) is 12.5. The molecule has 0 aromatic heterocycles. The Kier molecular flexibility index (Phi) is 7.84. The number of hydrogen-bond donors (Lipinski definition) is 1. The lowest BCUT2D eigenvalue weighted by molar-refractivity contribution is -0.149. The van der Waals surface area contributed by atoms with Crippen molar-refractivity contribution in [1.82, 2.24) is 10.2 Å². The largest absolute Gasteiger partial charge is 0.401 e. The van der Waals surface area contributed by atoms with Gasteiger partial charge in [-0.15, -0.1) is 0 Å². The van der Waals surface area contributed by atoms with Crippen molar-refractivity contribution in [1.29, 1.82) is 0 Å². The van der Waals surface area contributed by atoms with Crippen molar-refractivity contribution < 1.29 is 17.9 Å².